The zero-order valence-corrected chi connectivity index (χ0v) is 14.3. The molecule has 1 aromatic carbocycles. The van der Waals surface area contributed by atoms with Crippen molar-refractivity contribution in [3.8, 4) is 0 Å². The molecule has 0 aromatic heterocycles. The van der Waals surface area contributed by atoms with Crippen molar-refractivity contribution in [2.75, 3.05) is 27.2 Å². The van der Waals surface area contributed by atoms with Gasteiger partial charge >= 0.3 is 0 Å². The molecule has 0 spiro atoms. The normalized spacial score (nSPS) is 19.9. The Kier molecular flexibility index (Phi) is 6.16. The molecule has 1 aromatic rings. The largest absolute Gasteiger partial charge is 0.347 e. The van der Waals surface area contributed by atoms with Gasteiger partial charge in [-0.25, -0.2) is 0 Å². The van der Waals surface area contributed by atoms with Gasteiger partial charge in [0, 0.05) is 27.2 Å². The summed E-state index contributed by atoms with van der Waals surface area (Å²) in [5.41, 5.74) is 1.27. The van der Waals surface area contributed by atoms with Crippen LogP contribution in [-0.2, 0) is 16.1 Å². The predicted molar refractivity (Wildman–Crippen MR) is 90.7 cm³/mol. The van der Waals surface area contributed by atoms with Crippen molar-refractivity contribution in [1.29, 1.82) is 0 Å². The molecular formula is C18H27N3O2. The molecule has 23 heavy (non-hydrogen) atoms. The highest BCUT2D eigenvalue weighted by atomic mass is 16.2. The number of likely N-dealkylation sites (N-methyl/N-ethyl adjacent to an activating group) is 1. The number of hydrogen-bond donors (Lipinski definition) is 1. The van der Waals surface area contributed by atoms with Crippen molar-refractivity contribution in [3.63, 3.8) is 0 Å². The SMILES string of the molecule is C[C@H](NC(=O)[C@@H]1CCCN(Cc2ccccc2)C1)C(=O)N(C)C. The van der Waals surface area contributed by atoms with E-state index < -0.39 is 6.04 Å². The van der Waals surface area contributed by atoms with Gasteiger partial charge in [0.1, 0.15) is 6.04 Å². The third-order valence-corrected chi connectivity index (χ3v) is 4.30. The summed E-state index contributed by atoms with van der Waals surface area (Å²) in [5.74, 6) is -0.120. The first-order chi connectivity index (χ1) is 11.0. The van der Waals surface area contributed by atoms with Crippen molar-refractivity contribution < 1.29 is 9.59 Å². The standard InChI is InChI=1S/C18H27N3O2/c1-14(18(23)20(2)3)19-17(22)16-10-7-11-21(13-16)12-15-8-5-4-6-9-15/h4-6,8-9,14,16H,7,10-13H2,1-3H3,(H,19,22)/t14-,16+/m0/s1. The summed E-state index contributed by atoms with van der Waals surface area (Å²) in [4.78, 5) is 28.1. The number of likely N-dealkylation sites (tertiary alicyclic amines) is 1. The monoisotopic (exact) mass is 317 g/mol. The molecular weight excluding hydrogens is 290 g/mol. The second-order valence-electron chi connectivity index (χ2n) is 6.52. The minimum absolute atomic E-state index is 0.00883. The van der Waals surface area contributed by atoms with Gasteiger partial charge in [0.2, 0.25) is 11.8 Å². The van der Waals surface area contributed by atoms with E-state index in [9.17, 15) is 9.59 Å². The topological polar surface area (TPSA) is 52.7 Å². The molecule has 2 atom stereocenters. The van der Waals surface area contributed by atoms with Gasteiger partial charge in [0.25, 0.3) is 0 Å². The maximum absolute atomic E-state index is 12.4. The number of hydrogen-bond acceptors (Lipinski definition) is 3. The van der Waals surface area contributed by atoms with E-state index in [2.05, 4.69) is 22.3 Å². The van der Waals surface area contributed by atoms with Gasteiger partial charge in [-0.05, 0) is 31.9 Å². The molecule has 2 rings (SSSR count). The van der Waals surface area contributed by atoms with Gasteiger partial charge in [0.05, 0.1) is 5.92 Å². The number of nitrogens with zero attached hydrogens (tertiary/aromatic N) is 2. The van der Waals surface area contributed by atoms with Crippen molar-refractivity contribution in [3.05, 3.63) is 35.9 Å². The first-order valence-electron chi connectivity index (χ1n) is 8.25. The fourth-order valence-electron chi connectivity index (χ4n) is 3.04. The van der Waals surface area contributed by atoms with Gasteiger partial charge < -0.3 is 10.2 Å². The zero-order chi connectivity index (χ0) is 16.8. The van der Waals surface area contributed by atoms with Gasteiger partial charge in [0.15, 0.2) is 0 Å². The van der Waals surface area contributed by atoms with Gasteiger partial charge in [-0.15, -0.1) is 0 Å². The van der Waals surface area contributed by atoms with Crippen LogP contribution in [0.4, 0.5) is 0 Å². The molecule has 0 unspecified atom stereocenters. The summed E-state index contributed by atoms with van der Waals surface area (Å²) < 4.78 is 0. The maximum Gasteiger partial charge on any atom is 0.244 e. The van der Waals surface area contributed by atoms with Crippen LogP contribution in [-0.4, -0.2) is 54.8 Å². The molecule has 1 saturated heterocycles. The van der Waals surface area contributed by atoms with E-state index in [-0.39, 0.29) is 17.7 Å². The van der Waals surface area contributed by atoms with Crippen molar-refractivity contribution in [1.82, 2.24) is 15.1 Å². The van der Waals surface area contributed by atoms with Gasteiger partial charge in [-0.2, -0.15) is 0 Å². The van der Waals surface area contributed by atoms with Crippen molar-refractivity contribution in [2.24, 2.45) is 5.92 Å². The Labute approximate surface area is 138 Å². The highest BCUT2D eigenvalue weighted by Crippen LogP contribution is 2.19. The minimum atomic E-state index is -0.470. The molecule has 1 aliphatic heterocycles. The quantitative estimate of drug-likeness (QED) is 0.895. The van der Waals surface area contributed by atoms with E-state index in [0.29, 0.717) is 0 Å². The number of piperidine rings is 1. The Morgan fingerprint density at radius 1 is 1.30 bits per heavy atom. The van der Waals surface area contributed by atoms with Crippen LogP contribution < -0.4 is 5.32 Å². The lowest BCUT2D eigenvalue weighted by molar-refractivity contribution is -0.135. The third-order valence-electron chi connectivity index (χ3n) is 4.30. The number of carbonyl (C=O) groups excluding carboxylic acids is 2. The minimum Gasteiger partial charge on any atom is -0.347 e. The average Bonchev–Trinajstić information content (AvgIpc) is 2.55. The molecule has 0 radical (unpaired) electrons. The van der Waals surface area contributed by atoms with E-state index in [4.69, 9.17) is 0 Å². The summed E-state index contributed by atoms with van der Waals surface area (Å²) in [6, 6.07) is 9.85. The first-order valence-corrected chi connectivity index (χ1v) is 8.25. The average molecular weight is 317 g/mol. The molecule has 126 valence electrons. The fourth-order valence-corrected chi connectivity index (χ4v) is 3.04. The van der Waals surface area contributed by atoms with E-state index >= 15 is 0 Å². The maximum atomic E-state index is 12.4. The van der Waals surface area contributed by atoms with Crippen LogP contribution in [0.25, 0.3) is 0 Å². The fraction of sp³-hybridized carbons (Fsp3) is 0.556. The number of rotatable bonds is 5. The number of amides is 2. The van der Waals surface area contributed by atoms with Crippen LogP contribution >= 0.6 is 0 Å². The summed E-state index contributed by atoms with van der Waals surface area (Å²) in [6.07, 6.45) is 1.90. The number of nitrogens with one attached hydrogen (secondary N) is 1. The predicted octanol–water partition coefficient (Wildman–Crippen LogP) is 1.49. The van der Waals surface area contributed by atoms with Crippen molar-refractivity contribution >= 4 is 11.8 Å². The zero-order valence-electron chi connectivity index (χ0n) is 14.3. The summed E-state index contributed by atoms with van der Waals surface area (Å²) in [7, 11) is 3.40. The second-order valence-corrected chi connectivity index (χ2v) is 6.52. The van der Waals surface area contributed by atoms with Crippen molar-refractivity contribution in [2.45, 2.75) is 32.4 Å². The molecule has 1 fully saturated rings. The smallest absolute Gasteiger partial charge is 0.244 e. The Bertz CT molecular complexity index is 530. The lowest BCUT2D eigenvalue weighted by atomic mass is 9.96. The van der Waals surface area contributed by atoms with Crippen LogP contribution in [0.1, 0.15) is 25.3 Å². The molecule has 1 aliphatic rings. The molecule has 2 amide bonds. The van der Waals surface area contributed by atoms with E-state index in [1.807, 2.05) is 18.2 Å². The van der Waals surface area contributed by atoms with Crippen LogP contribution in [0.3, 0.4) is 0 Å². The van der Waals surface area contributed by atoms with E-state index in [1.54, 1.807) is 21.0 Å². The Morgan fingerprint density at radius 2 is 2.00 bits per heavy atom. The lowest BCUT2D eigenvalue weighted by Crippen LogP contribution is -2.49. The van der Waals surface area contributed by atoms with Crippen LogP contribution in [0.2, 0.25) is 0 Å². The van der Waals surface area contributed by atoms with Crippen LogP contribution in [0, 0.1) is 5.92 Å². The Morgan fingerprint density at radius 3 is 2.65 bits per heavy atom. The molecule has 5 nitrogen and oxygen atoms in total. The molecule has 1 heterocycles. The molecule has 5 heteroatoms. The van der Waals surface area contributed by atoms with E-state index in [1.165, 1.54) is 10.5 Å². The summed E-state index contributed by atoms with van der Waals surface area (Å²) in [6.45, 7) is 4.38. The third kappa shape index (κ3) is 5.06. The molecule has 1 N–H and O–H groups in total. The van der Waals surface area contributed by atoms with Gasteiger partial charge in [-0.3, -0.25) is 14.5 Å². The molecule has 0 bridgehead atoms. The molecule has 0 saturated carbocycles. The highest BCUT2D eigenvalue weighted by molar-refractivity contribution is 5.88. The lowest BCUT2D eigenvalue weighted by Gasteiger charge is -2.32. The van der Waals surface area contributed by atoms with Crippen LogP contribution in [0.15, 0.2) is 30.3 Å². The highest BCUT2D eigenvalue weighted by Gasteiger charge is 2.28. The summed E-state index contributed by atoms with van der Waals surface area (Å²) in [5, 5.41) is 2.86. The Hall–Kier alpha value is -1.88. The molecule has 0 aliphatic carbocycles. The first kappa shape index (κ1) is 17.5. The van der Waals surface area contributed by atoms with E-state index in [0.717, 1.165) is 32.5 Å². The van der Waals surface area contributed by atoms with Crippen LogP contribution in [0.5, 0.6) is 0 Å². The number of carbonyl (C=O) groups is 2. The summed E-state index contributed by atoms with van der Waals surface area (Å²) >= 11 is 0. The van der Waals surface area contributed by atoms with Gasteiger partial charge in [-0.1, -0.05) is 30.3 Å². The Balaban J connectivity index is 1.87. The number of benzene rings is 1. The second kappa shape index (κ2) is 8.11.